The van der Waals surface area contributed by atoms with Gasteiger partial charge in [0.05, 0.1) is 6.20 Å². The van der Waals surface area contributed by atoms with Crippen LogP contribution in [0.15, 0.2) is 6.20 Å². The number of nitrogens with one attached hydrogen (secondary N) is 1. The summed E-state index contributed by atoms with van der Waals surface area (Å²) in [5.74, 6) is 0.768. The first kappa shape index (κ1) is 16.5. The molecule has 4 nitrogen and oxygen atoms in total. The van der Waals surface area contributed by atoms with Gasteiger partial charge >= 0.3 is 0 Å². The number of fused-ring (bicyclic) bond motifs is 1. The lowest BCUT2D eigenvalue weighted by molar-refractivity contribution is 0.187. The molecule has 120 valence electrons. The SMILES string of the molecule is CCC(CC)C(CNC1CCCc2c1cnn2C)N(C)C. The molecule has 0 bridgehead atoms. The molecule has 4 heteroatoms. The minimum absolute atomic E-state index is 0.485. The number of likely N-dealkylation sites (N-methyl/N-ethyl adjacent to an activating group) is 1. The third kappa shape index (κ3) is 3.67. The van der Waals surface area contributed by atoms with E-state index in [1.54, 1.807) is 0 Å². The van der Waals surface area contributed by atoms with Gasteiger partial charge in [0.2, 0.25) is 0 Å². The molecule has 1 aromatic heterocycles. The Balaban J connectivity index is 2.01. The van der Waals surface area contributed by atoms with Crippen LogP contribution >= 0.6 is 0 Å². The van der Waals surface area contributed by atoms with E-state index in [2.05, 4.69) is 56.5 Å². The molecule has 1 aliphatic rings. The Morgan fingerprint density at radius 2 is 2.10 bits per heavy atom. The van der Waals surface area contributed by atoms with Crippen molar-refractivity contribution in [3.63, 3.8) is 0 Å². The second-order valence-electron chi connectivity index (χ2n) is 6.63. The van der Waals surface area contributed by atoms with E-state index in [4.69, 9.17) is 0 Å². The molecule has 0 saturated carbocycles. The van der Waals surface area contributed by atoms with Crippen molar-refractivity contribution >= 4 is 0 Å². The molecule has 1 heterocycles. The highest BCUT2D eigenvalue weighted by molar-refractivity contribution is 5.24. The maximum Gasteiger partial charge on any atom is 0.0540 e. The van der Waals surface area contributed by atoms with E-state index >= 15 is 0 Å². The molecule has 0 spiro atoms. The fourth-order valence-corrected chi connectivity index (χ4v) is 3.78. The Morgan fingerprint density at radius 3 is 2.71 bits per heavy atom. The average Bonchev–Trinajstić information content (AvgIpc) is 2.85. The van der Waals surface area contributed by atoms with Crippen LogP contribution in [-0.4, -0.2) is 41.4 Å². The summed E-state index contributed by atoms with van der Waals surface area (Å²) in [6.07, 6.45) is 8.25. The Morgan fingerprint density at radius 1 is 1.38 bits per heavy atom. The molecular formula is C17H32N4. The lowest BCUT2D eigenvalue weighted by Crippen LogP contribution is -2.44. The molecule has 2 atom stereocenters. The van der Waals surface area contributed by atoms with E-state index < -0.39 is 0 Å². The van der Waals surface area contributed by atoms with Crippen LogP contribution in [0.3, 0.4) is 0 Å². The molecule has 2 unspecified atom stereocenters. The first-order valence-corrected chi connectivity index (χ1v) is 8.49. The normalized spacial score (nSPS) is 20.0. The molecule has 0 radical (unpaired) electrons. The summed E-state index contributed by atoms with van der Waals surface area (Å²) in [4.78, 5) is 2.39. The predicted octanol–water partition coefficient (Wildman–Crippen LogP) is 2.75. The van der Waals surface area contributed by atoms with E-state index in [1.165, 1.54) is 43.4 Å². The average molecular weight is 292 g/mol. The van der Waals surface area contributed by atoms with Crippen molar-refractivity contribution in [1.82, 2.24) is 20.0 Å². The first-order chi connectivity index (χ1) is 10.1. The van der Waals surface area contributed by atoms with Gasteiger partial charge in [0.25, 0.3) is 0 Å². The molecule has 1 aliphatic carbocycles. The molecule has 0 aromatic carbocycles. The van der Waals surface area contributed by atoms with E-state index in [0.717, 1.165) is 12.5 Å². The van der Waals surface area contributed by atoms with Crippen LogP contribution in [-0.2, 0) is 13.5 Å². The van der Waals surface area contributed by atoms with E-state index in [0.29, 0.717) is 12.1 Å². The van der Waals surface area contributed by atoms with E-state index in [-0.39, 0.29) is 0 Å². The Hall–Kier alpha value is -0.870. The van der Waals surface area contributed by atoms with Crippen LogP contribution in [0.25, 0.3) is 0 Å². The van der Waals surface area contributed by atoms with Crippen molar-refractivity contribution in [2.75, 3.05) is 20.6 Å². The highest BCUT2D eigenvalue weighted by Gasteiger charge is 2.26. The summed E-state index contributed by atoms with van der Waals surface area (Å²) in [5, 5.41) is 8.27. The highest BCUT2D eigenvalue weighted by atomic mass is 15.3. The number of aromatic nitrogens is 2. The van der Waals surface area contributed by atoms with Gasteiger partial charge in [-0.3, -0.25) is 4.68 Å². The zero-order valence-electron chi connectivity index (χ0n) is 14.4. The van der Waals surface area contributed by atoms with Crippen molar-refractivity contribution in [3.8, 4) is 0 Å². The minimum atomic E-state index is 0.485. The Labute approximate surface area is 129 Å². The second kappa shape index (κ2) is 7.41. The fraction of sp³-hybridized carbons (Fsp3) is 0.824. The van der Waals surface area contributed by atoms with Gasteiger partial charge in [-0.1, -0.05) is 26.7 Å². The van der Waals surface area contributed by atoms with Crippen molar-refractivity contribution in [2.45, 2.75) is 58.0 Å². The van der Waals surface area contributed by atoms with E-state index in [9.17, 15) is 0 Å². The van der Waals surface area contributed by atoms with Crippen molar-refractivity contribution in [2.24, 2.45) is 13.0 Å². The molecule has 21 heavy (non-hydrogen) atoms. The monoisotopic (exact) mass is 292 g/mol. The second-order valence-corrected chi connectivity index (χ2v) is 6.63. The van der Waals surface area contributed by atoms with Gasteiger partial charge in [0.15, 0.2) is 0 Å². The van der Waals surface area contributed by atoms with Crippen LogP contribution in [0.4, 0.5) is 0 Å². The lowest BCUT2D eigenvalue weighted by atomic mass is 9.90. The van der Waals surface area contributed by atoms with Gasteiger partial charge < -0.3 is 10.2 Å². The fourth-order valence-electron chi connectivity index (χ4n) is 3.78. The Kier molecular flexibility index (Phi) is 5.82. The summed E-state index contributed by atoms with van der Waals surface area (Å²) in [6, 6.07) is 1.10. The number of nitrogens with zero attached hydrogens (tertiary/aromatic N) is 3. The summed E-state index contributed by atoms with van der Waals surface area (Å²) in [5.41, 5.74) is 2.84. The topological polar surface area (TPSA) is 33.1 Å². The van der Waals surface area contributed by atoms with Gasteiger partial charge in [-0.15, -0.1) is 0 Å². The number of aryl methyl sites for hydroxylation is 1. The largest absolute Gasteiger partial charge is 0.308 e. The van der Waals surface area contributed by atoms with Gasteiger partial charge in [-0.05, 0) is 39.3 Å². The van der Waals surface area contributed by atoms with Gasteiger partial charge in [0.1, 0.15) is 0 Å². The molecule has 2 rings (SSSR count). The van der Waals surface area contributed by atoms with Crippen molar-refractivity contribution < 1.29 is 0 Å². The first-order valence-electron chi connectivity index (χ1n) is 8.49. The molecular weight excluding hydrogens is 260 g/mol. The molecule has 0 fully saturated rings. The predicted molar refractivity (Wildman–Crippen MR) is 88.4 cm³/mol. The van der Waals surface area contributed by atoms with Crippen molar-refractivity contribution in [1.29, 1.82) is 0 Å². The standard InChI is InChI=1S/C17H32N4/c1-6-13(7-2)17(20(3)4)12-18-15-9-8-10-16-14(15)11-19-21(16)5/h11,13,15,17-18H,6-10,12H2,1-5H3. The van der Waals surface area contributed by atoms with Crippen LogP contribution in [0, 0.1) is 5.92 Å². The van der Waals surface area contributed by atoms with Crippen LogP contribution in [0.5, 0.6) is 0 Å². The van der Waals surface area contributed by atoms with Crippen LogP contribution in [0.2, 0.25) is 0 Å². The maximum atomic E-state index is 4.44. The minimum Gasteiger partial charge on any atom is -0.308 e. The molecule has 1 N–H and O–H groups in total. The van der Waals surface area contributed by atoms with Gasteiger partial charge in [-0.25, -0.2) is 0 Å². The highest BCUT2D eigenvalue weighted by Crippen LogP contribution is 2.29. The zero-order valence-corrected chi connectivity index (χ0v) is 14.4. The number of hydrogen-bond acceptors (Lipinski definition) is 3. The summed E-state index contributed by atoms with van der Waals surface area (Å²) < 4.78 is 2.05. The maximum absolute atomic E-state index is 4.44. The quantitative estimate of drug-likeness (QED) is 0.839. The van der Waals surface area contributed by atoms with Gasteiger partial charge in [-0.2, -0.15) is 5.10 Å². The number of hydrogen-bond donors (Lipinski definition) is 1. The lowest BCUT2D eigenvalue weighted by Gasteiger charge is -2.34. The molecule has 0 aliphatic heterocycles. The third-order valence-electron chi connectivity index (χ3n) is 5.21. The zero-order chi connectivity index (χ0) is 15.4. The summed E-state index contributed by atoms with van der Waals surface area (Å²) in [6.45, 7) is 5.69. The van der Waals surface area contributed by atoms with Crippen molar-refractivity contribution in [3.05, 3.63) is 17.5 Å². The van der Waals surface area contributed by atoms with E-state index in [1.807, 2.05) is 4.68 Å². The third-order valence-corrected chi connectivity index (χ3v) is 5.21. The smallest absolute Gasteiger partial charge is 0.0540 e. The van der Waals surface area contributed by atoms with Crippen LogP contribution in [0.1, 0.15) is 56.8 Å². The molecule has 0 amide bonds. The van der Waals surface area contributed by atoms with Crippen LogP contribution < -0.4 is 5.32 Å². The summed E-state index contributed by atoms with van der Waals surface area (Å²) >= 11 is 0. The van der Waals surface area contributed by atoms with Gasteiger partial charge in [0, 0.05) is 36.9 Å². The molecule has 1 aromatic rings. The number of rotatable bonds is 7. The molecule has 0 saturated heterocycles. The Bertz CT molecular complexity index is 434. The summed E-state index contributed by atoms with van der Waals surface area (Å²) in [7, 11) is 6.48.